The van der Waals surface area contributed by atoms with E-state index in [1.165, 1.54) is 12.8 Å². The Morgan fingerprint density at radius 3 is 2.71 bits per heavy atom. The zero-order chi connectivity index (χ0) is 19.1. The van der Waals surface area contributed by atoms with Gasteiger partial charge in [-0.2, -0.15) is 0 Å². The van der Waals surface area contributed by atoms with Crippen LogP contribution >= 0.6 is 0 Å². The third kappa shape index (κ3) is 3.11. The van der Waals surface area contributed by atoms with E-state index in [2.05, 4.69) is 4.98 Å². The number of nitrogens with zero attached hydrogens (tertiary/aromatic N) is 3. The third-order valence-electron chi connectivity index (χ3n) is 6.46. The summed E-state index contributed by atoms with van der Waals surface area (Å²) in [6, 6.07) is 10.4. The molecule has 1 aliphatic carbocycles. The summed E-state index contributed by atoms with van der Waals surface area (Å²) in [4.78, 5) is 37.6. The van der Waals surface area contributed by atoms with Crippen molar-refractivity contribution < 1.29 is 9.59 Å². The maximum atomic E-state index is 13.1. The van der Waals surface area contributed by atoms with Crippen LogP contribution < -0.4 is 0 Å². The Kier molecular flexibility index (Phi) is 4.41. The molecule has 1 atom stereocenters. The van der Waals surface area contributed by atoms with E-state index in [1.54, 1.807) is 0 Å². The first-order valence-corrected chi connectivity index (χ1v) is 10.4. The van der Waals surface area contributed by atoms with E-state index >= 15 is 0 Å². The number of H-pyrrole nitrogens is 1. The zero-order valence-electron chi connectivity index (χ0n) is 16.1. The Balaban J connectivity index is 1.28. The third-order valence-corrected chi connectivity index (χ3v) is 6.46. The highest BCUT2D eigenvalue weighted by molar-refractivity contribution is 5.89. The van der Waals surface area contributed by atoms with Crippen LogP contribution in [0.3, 0.4) is 0 Å². The molecule has 28 heavy (non-hydrogen) atoms. The lowest BCUT2D eigenvalue weighted by atomic mass is 10.0. The van der Waals surface area contributed by atoms with Crippen molar-refractivity contribution in [3.8, 4) is 11.4 Å². The van der Waals surface area contributed by atoms with Gasteiger partial charge >= 0.3 is 0 Å². The Morgan fingerprint density at radius 1 is 1.14 bits per heavy atom. The van der Waals surface area contributed by atoms with Crippen LogP contribution in [-0.4, -0.2) is 50.7 Å². The van der Waals surface area contributed by atoms with Crippen LogP contribution in [0.15, 0.2) is 30.3 Å². The average Bonchev–Trinajstić information content (AvgIpc) is 3.46. The fraction of sp³-hybridized carbons (Fsp3) is 0.500. The number of carbonyl (C=O) groups excluding carboxylic acids is 2. The number of hydrogen-bond donors (Lipinski definition) is 1. The number of benzene rings is 1. The van der Waals surface area contributed by atoms with E-state index < -0.39 is 0 Å². The molecular formula is C22H26N4O2. The normalized spacial score (nSPS) is 22.7. The summed E-state index contributed by atoms with van der Waals surface area (Å²) in [6.45, 7) is 1.84. The molecule has 3 aliphatic rings. The first kappa shape index (κ1) is 17.5. The van der Waals surface area contributed by atoms with Crippen LogP contribution in [0, 0.1) is 5.92 Å². The smallest absolute Gasteiger partial charge is 0.228 e. The lowest BCUT2D eigenvalue weighted by Gasteiger charge is -2.29. The summed E-state index contributed by atoms with van der Waals surface area (Å²) in [5, 5.41) is 0. The predicted octanol–water partition coefficient (Wildman–Crippen LogP) is 2.75. The molecule has 1 aromatic heterocycles. The van der Waals surface area contributed by atoms with Crippen molar-refractivity contribution >= 4 is 11.8 Å². The SMILES string of the molecule is O=C([C@@H]1CC(=O)N(C2CCCC2)C1)N1CCc2nc(-c3ccccc3)[nH]c2C1. The van der Waals surface area contributed by atoms with E-state index in [0.29, 0.717) is 32.1 Å². The molecule has 0 spiro atoms. The number of aromatic nitrogens is 2. The van der Waals surface area contributed by atoms with E-state index in [1.807, 2.05) is 40.1 Å². The van der Waals surface area contributed by atoms with Gasteiger partial charge in [-0.3, -0.25) is 9.59 Å². The van der Waals surface area contributed by atoms with Crippen molar-refractivity contribution in [3.05, 3.63) is 41.7 Å². The van der Waals surface area contributed by atoms with Crippen molar-refractivity contribution in [3.63, 3.8) is 0 Å². The van der Waals surface area contributed by atoms with Gasteiger partial charge in [-0.05, 0) is 12.8 Å². The molecule has 6 heteroatoms. The first-order chi connectivity index (χ1) is 13.7. The van der Waals surface area contributed by atoms with Crippen LogP contribution in [-0.2, 0) is 22.6 Å². The topological polar surface area (TPSA) is 69.3 Å². The van der Waals surface area contributed by atoms with Crippen molar-refractivity contribution in [2.24, 2.45) is 5.92 Å². The summed E-state index contributed by atoms with van der Waals surface area (Å²) >= 11 is 0. The molecule has 3 heterocycles. The second kappa shape index (κ2) is 7.08. The summed E-state index contributed by atoms with van der Waals surface area (Å²) in [5.74, 6) is 0.959. The zero-order valence-corrected chi connectivity index (χ0v) is 16.1. The second-order valence-corrected chi connectivity index (χ2v) is 8.27. The molecule has 0 unspecified atom stereocenters. The van der Waals surface area contributed by atoms with Crippen LogP contribution in [0.25, 0.3) is 11.4 Å². The lowest BCUT2D eigenvalue weighted by molar-refractivity contribution is -0.136. The molecule has 5 rings (SSSR count). The van der Waals surface area contributed by atoms with Crippen LogP contribution in [0.5, 0.6) is 0 Å². The van der Waals surface area contributed by atoms with Gasteiger partial charge < -0.3 is 14.8 Å². The molecule has 0 bridgehead atoms. The average molecular weight is 378 g/mol. The molecule has 6 nitrogen and oxygen atoms in total. The van der Waals surface area contributed by atoms with E-state index in [4.69, 9.17) is 4.98 Å². The number of hydrogen-bond acceptors (Lipinski definition) is 3. The molecule has 2 aromatic rings. The first-order valence-electron chi connectivity index (χ1n) is 10.4. The van der Waals surface area contributed by atoms with Crippen LogP contribution in [0.4, 0.5) is 0 Å². The summed E-state index contributed by atoms with van der Waals surface area (Å²) in [5.41, 5.74) is 3.14. The summed E-state index contributed by atoms with van der Waals surface area (Å²) < 4.78 is 0. The Morgan fingerprint density at radius 2 is 1.93 bits per heavy atom. The number of imidazole rings is 1. The number of fused-ring (bicyclic) bond motifs is 1. The van der Waals surface area contributed by atoms with Crippen LogP contribution in [0.2, 0.25) is 0 Å². The number of nitrogens with one attached hydrogen (secondary N) is 1. The number of amides is 2. The minimum Gasteiger partial charge on any atom is -0.340 e. The van der Waals surface area contributed by atoms with Gasteiger partial charge in [0.1, 0.15) is 5.82 Å². The van der Waals surface area contributed by atoms with Gasteiger partial charge in [0.2, 0.25) is 11.8 Å². The minimum atomic E-state index is -0.189. The van der Waals surface area contributed by atoms with Gasteiger partial charge in [0, 0.05) is 37.5 Å². The van der Waals surface area contributed by atoms with Gasteiger partial charge in [-0.1, -0.05) is 43.2 Å². The second-order valence-electron chi connectivity index (χ2n) is 8.27. The van der Waals surface area contributed by atoms with E-state index in [9.17, 15) is 9.59 Å². The number of rotatable bonds is 3. The summed E-state index contributed by atoms with van der Waals surface area (Å²) in [7, 11) is 0. The van der Waals surface area contributed by atoms with Crippen LogP contribution in [0.1, 0.15) is 43.5 Å². The van der Waals surface area contributed by atoms with Crippen molar-refractivity contribution in [2.45, 2.75) is 51.1 Å². The van der Waals surface area contributed by atoms with Crippen molar-refractivity contribution in [1.82, 2.24) is 19.8 Å². The van der Waals surface area contributed by atoms with E-state index in [-0.39, 0.29) is 17.7 Å². The number of carbonyl (C=O) groups is 2. The lowest BCUT2D eigenvalue weighted by Crippen LogP contribution is -2.41. The van der Waals surface area contributed by atoms with Gasteiger partial charge in [-0.25, -0.2) is 4.98 Å². The van der Waals surface area contributed by atoms with E-state index in [0.717, 1.165) is 42.0 Å². The number of aromatic amines is 1. The molecule has 0 radical (unpaired) electrons. The molecule has 1 saturated carbocycles. The summed E-state index contributed by atoms with van der Waals surface area (Å²) in [6.07, 6.45) is 5.72. The van der Waals surface area contributed by atoms with Crippen molar-refractivity contribution in [1.29, 1.82) is 0 Å². The minimum absolute atomic E-state index is 0.121. The van der Waals surface area contributed by atoms with Gasteiger partial charge in [0.15, 0.2) is 0 Å². The monoisotopic (exact) mass is 378 g/mol. The molecular weight excluding hydrogens is 352 g/mol. The predicted molar refractivity (Wildman–Crippen MR) is 105 cm³/mol. The van der Waals surface area contributed by atoms with Gasteiger partial charge in [-0.15, -0.1) is 0 Å². The Bertz CT molecular complexity index is 885. The highest BCUT2D eigenvalue weighted by Crippen LogP contribution is 2.31. The standard InChI is InChI=1S/C22H26N4O2/c27-20-12-16(13-26(20)17-8-4-5-9-17)22(28)25-11-10-18-19(14-25)24-21(23-18)15-6-2-1-3-7-15/h1-3,6-7,16-17H,4-5,8-14H2,(H,23,24)/t16-/m1/s1. The fourth-order valence-electron chi connectivity index (χ4n) is 4.94. The molecule has 2 fully saturated rings. The Hall–Kier alpha value is -2.63. The quantitative estimate of drug-likeness (QED) is 0.893. The number of likely N-dealkylation sites (tertiary alicyclic amines) is 1. The fourth-order valence-corrected chi connectivity index (χ4v) is 4.94. The van der Waals surface area contributed by atoms with Gasteiger partial charge in [0.25, 0.3) is 0 Å². The highest BCUT2D eigenvalue weighted by Gasteiger charge is 2.40. The highest BCUT2D eigenvalue weighted by atomic mass is 16.2. The Labute approximate surface area is 164 Å². The molecule has 1 aromatic carbocycles. The molecule has 1 N–H and O–H groups in total. The van der Waals surface area contributed by atoms with Crippen molar-refractivity contribution in [2.75, 3.05) is 13.1 Å². The maximum absolute atomic E-state index is 13.1. The molecule has 146 valence electrons. The van der Waals surface area contributed by atoms with Gasteiger partial charge in [0.05, 0.1) is 23.9 Å². The largest absolute Gasteiger partial charge is 0.340 e. The maximum Gasteiger partial charge on any atom is 0.228 e. The molecule has 2 amide bonds. The molecule has 2 aliphatic heterocycles. The molecule has 1 saturated heterocycles.